The van der Waals surface area contributed by atoms with Crippen molar-refractivity contribution < 1.29 is 57.1 Å². The molecule has 0 aliphatic carbocycles. The summed E-state index contributed by atoms with van der Waals surface area (Å²) in [4.78, 5) is 60.2. The van der Waals surface area contributed by atoms with E-state index in [0.29, 0.717) is 16.3 Å². The molecule has 1 saturated heterocycles. The lowest BCUT2D eigenvalue weighted by Crippen LogP contribution is -2.63. The minimum Gasteiger partial charge on any atom is -0.463 e. The van der Waals surface area contributed by atoms with E-state index in [1.165, 1.54) is 6.92 Å². The van der Waals surface area contributed by atoms with E-state index in [0.717, 1.165) is 26.3 Å². The smallest absolute Gasteiger partial charge is 0.338 e. The van der Waals surface area contributed by atoms with Crippen molar-refractivity contribution >= 4 is 40.6 Å². The minimum atomic E-state index is -1.37. The molecule has 0 N–H and O–H groups in total. The van der Waals surface area contributed by atoms with Crippen LogP contribution in [-0.2, 0) is 54.2 Å². The Morgan fingerprint density at radius 3 is 1.93 bits per heavy atom. The second kappa shape index (κ2) is 14.5. The van der Waals surface area contributed by atoms with Crippen LogP contribution in [0.3, 0.4) is 0 Å². The summed E-state index contributed by atoms with van der Waals surface area (Å²) in [6, 6.07) is 19.3. The number of fused-ring (bicyclic) bond motifs is 1. The van der Waals surface area contributed by atoms with Gasteiger partial charge < -0.3 is 33.2 Å². The average Bonchev–Trinajstić information content (AvgIpc) is 2.97. The van der Waals surface area contributed by atoms with Crippen LogP contribution >= 0.6 is 0 Å². The Bertz CT molecular complexity index is 1520. The monoisotopic (exact) mass is 608 g/mol. The highest BCUT2D eigenvalue weighted by molar-refractivity contribution is 5.95. The second-order valence-electron chi connectivity index (χ2n) is 9.97. The van der Waals surface area contributed by atoms with Gasteiger partial charge >= 0.3 is 29.8 Å². The van der Waals surface area contributed by atoms with Gasteiger partial charge in [-0.1, -0.05) is 42.5 Å². The first-order valence-corrected chi connectivity index (χ1v) is 13.7. The van der Waals surface area contributed by atoms with Gasteiger partial charge in [0.2, 0.25) is 12.4 Å². The van der Waals surface area contributed by atoms with Crippen LogP contribution in [0.4, 0.5) is 0 Å². The van der Waals surface area contributed by atoms with Gasteiger partial charge in [-0.05, 0) is 40.6 Å². The molecule has 0 spiro atoms. The van der Waals surface area contributed by atoms with E-state index in [1.54, 1.807) is 36.4 Å². The molecule has 0 bridgehead atoms. The van der Waals surface area contributed by atoms with Crippen LogP contribution in [-0.4, -0.2) is 67.2 Å². The van der Waals surface area contributed by atoms with E-state index in [4.69, 9.17) is 33.2 Å². The quantitative estimate of drug-likeness (QED) is 0.244. The minimum absolute atomic E-state index is 0.139. The Labute approximate surface area is 253 Å². The fraction of sp³-hybridized carbons (Fsp3) is 0.344. The molecule has 0 unspecified atom stereocenters. The maximum atomic E-state index is 12.6. The van der Waals surface area contributed by atoms with E-state index >= 15 is 0 Å². The Balaban J connectivity index is 1.58. The molecule has 1 heterocycles. The number of hydrogen-bond donors (Lipinski definition) is 0. The van der Waals surface area contributed by atoms with Crippen LogP contribution in [0.25, 0.3) is 10.8 Å². The zero-order valence-electron chi connectivity index (χ0n) is 24.6. The summed E-state index contributed by atoms with van der Waals surface area (Å²) >= 11 is 0. The molecule has 3 aromatic carbocycles. The molecule has 232 valence electrons. The Kier molecular flexibility index (Phi) is 10.5. The molecule has 0 radical (unpaired) electrons. The summed E-state index contributed by atoms with van der Waals surface area (Å²) in [5, 5.41) is 1.42. The van der Waals surface area contributed by atoms with Crippen molar-refractivity contribution in [3.05, 3.63) is 77.9 Å². The van der Waals surface area contributed by atoms with Gasteiger partial charge in [-0.2, -0.15) is 0 Å². The molecule has 1 aliphatic rings. The van der Waals surface area contributed by atoms with Crippen molar-refractivity contribution in [3.8, 4) is 5.75 Å². The zero-order valence-corrected chi connectivity index (χ0v) is 24.6. The van der Waals surface area contributed by atoms with E-state index in [1.807, 2.05) is 30.3 Å². The van der Waals surface area contributed by atoms with Crippen molar-refractivity contribution in [2.24, 2.45) is 0 Å². The van der Waals surface area contributed by atoms with Gasteiger partial charge in [0.15, 0.2) is 12.2 Å². The number of carbonyl (C=O) groups is 5. The first-order valence-electron chi connectivity index (χ1n) is 13.7. The molecule has 4 rings (SSSR count). The largest absolute Gasteiger partial charge is 0.463 e. The molecule has 5 atom stereocenters. The Morgan fingerprint density at radius 1 is 0.659 bits per heavy atom. The highest BCUT2D eigenvalue weighted by atomic mass is 16.7. The third kappa shape index (κ3) is 8.54. The normalized spacial score (nSPS) is 21.0. The lowest BCUT2D eigenvalue weighted by molar-refractivity contribution is -0.288. The van der Waals surface area contributed by atoms with Crippen LogP contribution in [0.2, 0.25) is 0 Å². The SMILES string of the molecule is CC(=O)OC[C@H]1O[C@@H](Oc2ccc3cc(C(=O)OCc4ccccc4)ccc3c2)[C@H](OC(C)=O)[C@@H](OC(C)=O)[C@H]1OC(C)=O. The van der Waals surface area contributed by atoms with Crippen LogP contribution in [0.1, 0.15) is 43.6 Å². The molecular weight excluding hydrogens is 576 g/mol. The van der Waals surface area contributed by atoms with E-state index in [9.17, 15) is 24.0 Å². The maximum Gasteiger partial charge on any atom is 0.338 e. The lowest BCUT2D eigenvalue weighted by Gasteiger charge is -2.43. The number of benzene rings is 3. The molecule has 0 amide bonds. The summed E-state index contributed by atoms with van der Waals surface area (Å²) in [7, 11) is 0. The van der Waals surface area contributed by atoms with Crippen LogP contribution in [0.5, 0.6) is 5.75 Å². The first-order chi connectivity index (χ1) is 21.0. The van der Waals surface area contributed by atoms with E-state index in [-0.39, 0.29) is 19.0 Å². The Hall–Kier alpha value is -4.97. The number of hydrogen-bond acceptors (Lipinski definition) is 12. The van der Waals surface area contributed by atoms with Gasteiger partial charge in [-0.25, -0.2) is 4.79 Å². The predicted octanol–water partition coefficient (Wildman–Crippen LogP) is 3.66. The van der Waals surface area contributed by atoms with E-state index in [2.05, 4.69) is 0 Å². The zero-order chi connectivity index (χ0) is 31.8. The van der Waals surface area contributed by atoms with Crippen molar-refractivity contribution in [2.45, 2.75) is 65.0 Å². The van der Waals surface area contributed by atoms with Crippen LogP contribution in [0, 0.1) is 0 Å². The molecule has 12 heteroatoms. The molecule has 1 aliphatic heterocycles. The Morgan fingerprint density at radius 2 is 1.27 bits per heavy atom. The average molecular weight is 609 g/mol. The molecule has 0 aromatic heterocycles. The molecule has 3 aromatic rings. The summed E-state index contributed by atoms with van der Waals surface area (Å²) in [5.74, 6) is -3.06. The number of rotatable bonds is 10. The lowest BCUT2D eigenvalue weighted by atomic mass is 9.98. The van der Waals surface area contributed by atoms with Gasteiger partial charge in [0.1, 0.15) is 25.1 Å². The molecule has 0 saturated carbocycles. The van der Waals surface area contributed by atoms with Gasteiger partial charge in [0, 0.05) is 27.7 Å². The predicted molar refractivity (Wildman–Crippen MR) is 152 cm³/mol. The van der Waals surface area contributed by atoms with Crippen molar-refractivity contribution in [1.82, 2.24) is 0 Å². The summed E-state index contributed by atoms with van der Waals surface area (Å²) < 4.78 is 38.9. The summed E-state index contributed by atoms with van der Waals surface area (Å²) in [6.07, 6.45) is -6.54. The highest BCUT2D eigenvalue weighted by Crippen LogP contribution is 2.32. The third-order valence-electron chi connectivity index (χ3n) is 6.46. The molecule has 12 nitrogen and oxygen atoms in total. The van der Waals surface area contributed by atoms with Crippen LogP contribution < -0.4 is 4.74 Å². The van der Waals surface area contributed by atoms with Crippen molar-refractivity contribution in [3.63, 3.8) is 0 Å². The topological polar surface area (TPSA) is 150 Å². The van der Waals surface area contributed by atoms with Crippen LogP contribution in [0.15, 0.2) is 66.7 Å². The number of ether oxygens (including phenoxy) is 7. The number of carbonyl (C=O) groups excluding carboxylic acids is 5. The molecular formula is C32H32O12. The fourth-order valence-corrected chi connectivity index (χ4v) is 4.65. The van der Waals surface area contributed by atoms with Gasteiger partial charge in [0.25, 0.3) is 0 Å². The summed E-state index contributed by atoms with van der Waals surface area (Å²) in [6.45, 7) is 4.37. The standard InChI is InChI=1S/C32H32O12/c1-18(33)38-17-27-28(40-19(2)34)29(41-20(3)35)30(42-21(4)36)32(44-27)43-26-13-12-23-14-25(11-10-24(23)15-26)31(37)39-16-22-8-6-5-7-9-22/h5-15,27-30,32H,16-17H2,1-4H3/t27-,28+,29+,30-,32-/m1/s1. The highest BCUT2D eigenvalue weighted by Gasteiger charge is 2.53. The van der Waals surface area contributed by atoms with Gasteiger partial charge in [-0.15, -0.1) is 0 Å². The molecule has 1 fully saturated rings. The fourth-order valence-electron chi connectivity index (χ4n) is 4.65. The summed E-state index contributed by atoms with van der Waals surface area (Å²) in [5.41, 5.74) is 1.23. The van der Waals surface area contributed by atoms with Crippen molar-refractivity contribution in [2.75, 3.05) is 6.61 Å². The third-order valence-corrected chi connectivity index (χ3v) is 6.46. The maximum absolute atomic E-state index is 12.6. The van der Waals surface area contributed by atoms with Crippen molar-refractivity contribution in [1.29, 1.82) is 0 Å². The van der Waals surface area contributed by atoms with Gasteiger partial charge in [-0.3, -0.25) is 19.2 Å². The number of esters is 5. The molecule has 44 heavy (non-hydrogen) atoms. The van der Waals surface area contributed by atoms with E-state index < -0.39 is 60.6 Å². The second-order valence-corrected chi connectivity index (χ2v) is 9.97. The van der Waals surface area contributed by atoms with Gasteiger partial charge in [0.05, 0.1) is 5.56 Å². The first kappa shape index (κ1) is 32.0.